The van der Waals surface area contributed by atoms with Gasteiger partial charge in [-0.3, -0.25) is 0 Å². The van der Waals surface area contributed by atoms with Gasteiger partial charge >= 0.3 is 0 Å². The van der Waals surface area contributed by atoms with Crippen LogP contribution in [-0.2, 0) is 6.42 Å². The molecule has 2 atom stereocenters. The molecule has 2 rings (SSSR count). The molecular formula is C15H20ClFO. The van der Waals surface area contributed by atoms with Crippen molar-refractivity contribution in [3.8, 4) is 0 Å². The highest BCUT2D eigenvalue weighted by Gasteiger charge is 2.30. The first-order chi connectivity index (χ1) is 8.48. The molecule has 0 heterocycles. The summed E-state index contributed by atoms with van der Waals surface area (Å²) in [5.74, 6) is 0.383. The van der Waals surface area contributed by atoms with Crippen LogP contribution >= 0.6 is 11.6 Å². The van der Waals surface area contributed by atoms with Gasteiger partial charge in [-0.1, -0.05) is 31.4 Å². The Hall–Kier alpha value is -0.600. The van der Waals surface area contributed by atoms with Gasteiger partial charge in [-0.2, -0.15) is 0 Å². The van der Waals surface area contributed by atoms with Crippen LogP contribution in [0.1, 0.15) is 44.6 Å². The van der Waals surface area contributed by atoms with Gasteiger partial charge in [0.05, 0.1) is 5.60 Å². The summed E-state index contributed by atoms with van der Waals surface area (Å²) in [6.45, 7) is 2.21. The normalized spacial score (nSPS) is 29.0. The molecule has 1 saturated carbocycles. The Morgan fingerprint density at radius 2 is 2.17 bits per heavy atom. The maximum absolute atomic E-state index is 13.7. The molecule has 1 aliphatic rings. The minimum atomic E-state index is -0.768. The zero-order valence-electron chi connectivity index (χ0n) is 10.8. The van der Waals surface area contributed by atoms with Gasteiger partial charge in [0.25, 0.3) is 0 Å². The lowest BCUT2D eigenvalue weighted by atomic mass is 9.87. The van der Waals surface area contributed by atoms with Gasteiger partial charge in [0.2, 0.25) is 0 Å². The summed E-state index contributed by atoms with van der Waals surface area (Å²) < 4.78 is 13.7. The molecule has 1 aromatic rings. The first kappa shape index (κ1) is 13.8. The topological polar surface area (TPSA) is 20.2 Å². The standard InChI is InChI=1S/C15H20ClFO/c1-11-3-2-7-15(18,8-6-11)10-12-9-13(16)4-5-14(12)17/h4-5,9,11,18H,2-3,6-8,10H2,1H3. The van der Waals surface area contributed by atoms with Crippen molar-refractivity contribution in [3.63, 3.8) is 0 Å². The molecule has 0 amide bonds. The average molecular weight is 271 g/mol. The quantitative estimate of drug-likeness (QED) is 0.792. The van der Waals surface area contributed by atoms with E-state index >= 15 is 0 Å². The summed E-state index contributed by atoms with van der Waals surface area (Å²) in [7, 11) is 0. The molecule has 1 fully saturated rings. The molecule has 0 saturated heterocycles. The molecule has 3 heteroatoms. The third kappa shape index (κ3) is 3.46. The van der Waals surface area contributed by atoms with E-state index in [0.29, 0.717) is 22.9 Å². The lowest BCUT2D eigenvalue weighted by Gasteiger charge is -2.27. The molecule has 0 spiro atoms. The van der Waals surface area contributed by atoms with Gasteiger partial charge in [-0.05, 0) is 48.9 Å². The van der Waals surface area contributed by atoms with Crippen molar-refractivity contribution in [2.75, 3.05) is 0 Å². The Morgan fingerprint density at radius 1 is 1.39 bits per heavy atom. The zero-order valence-corrected chi connectivity index (χ0v) is 11.5. The predicted molar refractivity (Wildman–Crippen MR) is 72.3 cm³/mol. The van der Waals surface area contributed by atoms with Crippen LogP contribution in [0.25, 0.3) is 0 Å². The number of benzene rings is 1. The highest BCUT2D eigenvalue weighted by molar-refractivity contribution is 6.30. The highest BCUT2D eigenvalue weighted by atomic mass is 35.5. The molecule has 1 N–H and O–H groups in total. The van der Waals surface area contributed by atoms with Crippen LogP contribution in [0.2, 0.25) is 5.02 Å². The Morgan fingerprint density at radius 3 is 2.94 bits per heavy atom. The van der Waals surface area contributed by atoms with Crippen molar-refractivity contribution in [1.82, 2.24) is 0 Å². The summed E-state index contributed by atoms with van der Waals surface area (Å²) in [4.78, 5) is 0. The number of aliphatic hydroxyl groups is 1. The monoisotopic (exact) mass is 270 g/mol. The molecule has 0 bridgehead atoms. The molecule has 1 aliphatic carbocycles. The summed E-state index contributed by atoms with van der Waals surface area (Å²) in [6.07, 6.45) is 5.05. The third-order valence-electron chi connectivity index (χ3n) is 3.97. The van der Waals surface area contributed by atoms with E-state index in [2.05, 4.69) is 6.92 Å². The van der Waals surface area contributed by atoms with Crippen LogP contribution in [0.5, 0.6) is 0 Å². The second-order valence-corrected chi connectivity index (χ2v) is 6.11. The second kappa shape index (κ2) is 5.58. The van der Waals surface area contributed by atoms with Crippen molar-refractivity contribution in [1.29, 1.82) is 0 Å². The number of hydrogen-bond acceptors (Lipinski definition) is 1. The molecule has 0 aliphatic heterocycles. The third-order valence-corrected chi connectivity index (χ3v) is 4.20. The van der Waals surface area contributed by atoms with E-state index in [1.165, 1.54) is 6.07 Å². The minimum Gasteiger partial charge on any atom is -0.390 e. The average Bonchev–Trinajstić information content (AvgIpc) is 2.47. The molecule has 1 nitrogen and oxygen atoms in total. The first-order valence-corrected chi connectivity index (χ1v) is 7.03. The molecule has 1 aromatic carbocycles. The minimum absolute atomic E-state index is 0.273. The van der Waals surface area contributed by atoms with Gasteiger partial charge < -0.3 is 5.11 Å². The lowest BCUT2D eigenvalue weighted by molar-refractivity contribution is 0.0236. The number of halogens is 2. The van der Waals surface area contributed by atoms with Gasteiger partial charge in [0.15, 0.2) is 0 Å². The molecule has 100 valence electrons. The highest BCUT2D eigenvalue weighted by Crippen LogP contribution is 2.33. The maximum Gasteiger partial charge on any atom is 0.126 e. The van der Waals surface area contributed by atoms with Crippen molar-refractivity contribution in [3.05, 3.63) is 34.6 Å². The largest absolute Gasteiger partial charge is 0.390 e. The molecule has 2 unspecified atom stereocenters. The van der Waals surface area contributed by atoms with E-state index in [9.17, 15) is 9.50 Å². The summed E-state index contributed by atoms with van der Waals surface area (Å²) in [5, 5.41) is 11.2. The van der Waals surface area contributed by atoms with Crippen molar-refractivity contribution < 1.29 is 9.50 Å². The summed E-state index contributed by atoms with van der Waals surface area (Å²) in [5.41, 5.74) is -0.240. The number of hydrogen-bond donors (Lipinski definition) is 1. The number of rotatable bonds is 2. The second-order valence-electron chi connectivity index (χ2n) is 5.67. The van der Waals surface area contributed by atoms with E-state index < -0.39 is 5.60 Å². The Labute approximate surface area is 113 Å². The Kier molecular flexibility index (Phi) is 4.29. The van der Waals surface area contributed by atoms with Crippen molar-refractivity contribution in [2.45, 2.75) is 51.0 Å². The fourth-order valence-corrected chi connectivity index (χ4v) is 2.97. The van der Waals surface area contributed by atoms with Crippen molar-refractivity contribution >= 4 is 11.6 Å². The fraction of sp³-hybridized carbons (Fsp3) is 0.600. The van der Waals surface area contributed by atoms with Crippen LogP contribution < -0.4 is 0 Å². The molecule has 0 aromatic heterocycles. The van der Waals surface area contributed by atoms with Crippen molar-refractivity contribution in [2.24, 2.45) is 5.92 Å². The van der Waals surface area contributed by atoms with E-state index in [-0.39, 0.29) is 5.82 Å². The van der Waals surface area contributed by atoms with Gasteiger partial charge in [-0.25, -0.2) is 4.39 Å². The van der Waals surface area contributed by atoms with Crippen LogP contribution in [0.4, 0.5) is 4.39 Å². The Balaban J connectivity index is 2.13. The smallest absolute Gasteiger partial charge is 0.126 e. The van der Waals surface area contributed by atoms with E-state index in [1.54, 1.807) is 12.1 Å². The van der Waals surface area contributed by atoms with Crippen LogP contribution in [0, 0.1) is 11.7 Å². The van der Waals surface area contributed by atoms with Crippen LogP contribution in [-0.4, -0.2) is 10.7 Å². The van der Waals surface area contributed by atoms with Gasteiger partial charge in [0.1, 0.15) is 5.82 Å². The molecular weight excluding hydrogens is 251 g/mol. The van der Waals surface area contributed by atoms with Gasteiger partial charge in [-0.15, -0.1) is 0 Å². The lowest BCUT2D eigenvalue weighted by Crippen LogP contribution is -2.31. The molecule has 0 radical (unpaired) electrons. The maximum atomic E-state index is 13.7. The SMILES string of the molecule is CC1CCCC(O)(Cc2cc(Cl)ccc2F)CC1. The predicted octanol–water partition coefficient (Wildman–Crippen LogP) is 4.35. The fourth-order valence-electron chi connectivity index (χ4n) is 2.77. The van der Waals surface area contributed by atoms with E-state index in [1.807, 2.05) is 0 Å². The van der Waals surface area contributed by atoms with E-state index in [0.717, 1.165) is 32.1 Å². The van der Waals surface area contributed by atoms with Crippen LogP contribution in [0.3, 0.4) is 0 Å². The first-order valence-electron chi connectivity index (χ1n) is 6.65. The molecule has 18 heavy (non-hydrogen) atoms. The zero-order chi connectivity index (χ0) is 13.2. The van der Waals surface area contributed by atoms with Gasteiger partial charge in [0, 0.05) is 11.4 Å². The van der Waals surface area contributed by atoms with E-state index in [4.69, 9.17) is 11.6 Å². The summed E-state index contributed by atoms with van der Waals surface area (Å²) in [6, 6.07) is 4.54. The van der Waals surface area contributed by atoms with Crippen LogP contribution in [0.15, 0.2) is 18.2 Å². The summed E-state index contributed by atoms with van der Waals surface area (Å²) >= 11 is 5.89. The Bertz CT molecular complexity index is 421.